The van der Waals surface area contributed by atoms with E-state index in [1.165, 1.54) is 25.2 Å². The standard InChI is InChI=1S/C11H15FN2O/c1-8-2-4-9(5-3-8)15-11-6-10(12)13-7-14-11/h6-9H,2-5H2,1H3. The second-order valence-corrected chi connectivity index (χ2v) is 4.18. The summed E-state index contributed by atoms with van der Waals surface area (Å²) in [7, 11) is 0. The topological polar surface area (TPSA) is 35.0 Å². The molecule has 1 aliphatic rings. The Balaban J connectivity index is 1.92. The Labute approximate surface area is 88.7 Å². The third-order valence-corrected chi connectivity index (χ3v) is 2.86. The van der Waals surface area contributed by atoms with Crippen molar-refractivity contribution in [2.24, 2.45) is 5.92 Å². The van der Waals surface area contributed by atoms with Gasteiger partial charge in [-0.25, -0.2) is 9.97 Å². The molecule has 1 aromatic rings. The highest BCUT2D eigenvalue weighted by Crippen LogP contribution is 2.26. The van der Waals surface area contributed by atoms with Crippen molar-refractivity contribution >= 4 is 0 Å². The van der Waals surface area contributed by atoms with Gasteiger partial charge in [-0.1, -0.05) is 6.92 Å². The van der Waals surface area contributed by atoms with Gasteiger partial charge in [-0.15, -0.1) is 0 Å². The van der Waals surface area contributed by atoms with Gasteiger partial charge in [0.25, 0.3) is 0 Å². The number of aromatic nitrogens is 2. The molecule has 1 saturated carbocycles. The van der Waals surface area contributed by atoms with E-state index in [0.717, 1.165) is 18.8 Å². The molecule has 0 radical (unpaired) electrons. The maximum atomic E-state index is 12.8. The molecule has 3 nitrogen and oxygen atoms in total. The van der Waals surface area contributed by atoms with Crippen molar-refractivity contribution in [3.05, 3.63) is 18.3 Å². The molecule has 0 atom stereocenters. The summed E-state index contributed by atoms with van der Waals surface area (Å²) < 4.78 is 18.3. The largest absolute Gasteiger partial charge is 0.474 e. The third kappa shape index (κ3) is 2.88. The van der Waals surface area contributed by atoms with Crippen molar-refractivity contribution in [3.63, 3.8) is 0 Å². The fourth-order valence-corrected chi connectivity index (χ4v) is 1.90. The molecular weight excluding hydrogens is 195 g/mol. The predicted octanol–water partition coefficient (Wildman–Crippen LogP) is 2.57. The van der Waals surface area contributed by atoms with Crippen LogP contribution in [0.1, 0.15) is 32.6 Å². The number of hydrogen-bond donors (Lipinski definition) is 0. The number of halogens is 1. The van der Waals surface area contributed by atoms with Crippen molar-refractivity contribution < 1.29 is 9.13 Å². The molecule has 0 aliphatic heterocycles. The summed E-state index contributed by atoms with van der Waals surface area (Å²) in [6.45, 7) is 2.25. The Hall–Kier alpha value is -1.19. The summed E-state index contributed by atoms with van der Waals surface area (Å²) in [4.78, 5) is 7.27. The van der Waals surface area contributed by atoms with E-state index < -0.39 is 5.95 Å². The van der Waals surface area contributed by atoms with Crippen LogP contribution in [0.15, 0.2) is 12.4 Å². The monoisotopic (exact) mass is 210 g/mol. The van der Waals surface area contributed by atoms with Crippen molar-refractivity contribution in [1.82, 2.24) is 9.97 Å². The maximum absolute atomic E-state index is 12.8. The highest BCUT2D eigenvalue weighted by molar-refractivity contribution is 5.06. The van der Waals surface area contributed by atoms with E-state index in [-0.39, 0.29) is 6.10 Å². The summed E-state index contributed by atoms with van der Waals surface area (Å²) >= 11 is 0. The minimum atomic E-state index is -0.538. The average Bonchev–Trinajstić information content (AvgIpc) is 2.22. The van der Waals surface area contributed by atoms with Crippen LogP contribution in [0.4, 0.5) is 4.39 Å². The van der Waals surface area contributed by atoms with Crippen LogP contribution in [0.2, 0.25) is 0 Å². The SMILES string of the molecule is CC1CCC(Oc2cc(F)ncn2)CC1. The van der Waals surface area contributed by atoms with Gasteiger partial charge in [-0.3, -0.25) is 0 Å². The zero-order valence-electron chi connectivity index (χ0n) is 8.82. The van der Waals surface area contributed by atoms with Gasteiger partial charge >= 0.3 is 0 Å². The van der Waals surface area contributed by atoms with Crippen molar-refractivity contribution in [1.29, 1.82) is 0 Å². The Morgan fingerprint density at radius 2 is 2.00 bits per heavy atom. The van der Waals surface area contributed by atoms with Crippen LogP contribution in [0.25, 0.3) is 0 Å². The Morgan fingerprint density at radius 3 is 2.67 bits per heavy atom. The van der Waals surface area contributed by atoms with Gasteiger partial charge < -0.3 is 4.74 Å². The molecular formula is C11H15FN2O. The number of rotatable bonds is 2. The summed E-state index contributed by atoms with van der Waals surface area (Å²) in [5, 5.41) is 0. The summed E-state index contributed by atoms with van der Waals surface area (Å²) in [6.07, 6.45) is 5.81. The van der Waals surface area contributed by atoms with E-state index >= 15 is 0 Å². The molecule has 4 heteroatoms. The van der Waals surface area contributed by atoms with Gasteiger partial charge in [-0.05, 0) is 31.6 Å². The van der Waals surface area contributed by atoms with Gasteiger partial charge in [0.05, 0.1) is 6.07 Å². The molecule has 1 heterocycles. The van der Waals surface area contributed by atoms with Gasteiger partial charge in [-0.2, -0.15) is 4.39 Å². The zero-order chi connectivity index (χ0) is 10.7. The number of nitrogens with zero attached hydrogens (tertiary/aromatic N) is 2. The molecule has 82 valence electrons. The van der Waals surface area contributed by atoms with Crippen LogP contribution in [-0.2, 0) is 0 Å². The minimum Gasteiger partial charge on any atom is -0.474 e. The highest BCUT2D eigenvalue weighted by Gasteiger charge is 2.19. The Bertz CT molecular complexity index is 324. The highest BCUT2D eigenvalue weighted by atomic mass is 19.1. The second-order valence-electron chi connectivity index (χ2n) is 4.18. The first-order valence-electron chi connectivity index (χ1n) is 5.38. The molecule has 0 aromatic carbocycles. The first kappa shape index (κ1) is 10.3. The number of hydrogen-bond acceptors (Lipinski definition) is 3. The number of ether oxygens (including phenoxy) is 1. The van der Waals surface area contributed by atoms with Gasteiger partial charge in [0.15, 0.2) is 0 Å². The normalized spacial score (nSPS) is 26.3. The second kappa shape index (κ2) is 4.55. The first-order valence-corrected chi connectivity index (χ1v) is 5.38. The van der Waals surface area contributed by atoms with Gasteiger partial charge in [0.1, 0.15) is 12.4 Å². The van der Waals surface area contributed by atoms with E-state index in [9.17, 15) is 4.39 Å². The van der Waals surface area contributed by atoms with E-state index in [0.29, 0.717) is 5.88 Å². The molecule has 15 heavy (non-hydrogen) atoms. The molecule has 0 saturated heterocycles. The smallest absolute Gasteiger partial charge is 0.219 e. The van der Waals surface area contributed by atoms with Gasteiger partial charge in [0.2, 0.25) is 11.8 Å². The molecule has 0 N–H and O–H groups in total. The lowest BCUT2D eigenvalue weighted by atomic mass is 9.89. The van der Waals surface area contributed by atoms with Crippen molar-refractivity contribution in [2.45, 2.75) is 38.7 Å². The lowest BCUT2D eigenvalue weighted by Gasteiger charge is -2.26. The minimum absolute atomic E-state index is 0.190. The van der Waals surface area contributed by atoms with Gasteiger partial charge in [0, 0.05) is 0 Å². The van der Waals surface area contributed by atoms with E-state index in [1.54, 1.807) is 0 Å². The quantitative estimate of drug-likeness (QED) is 0.704. The fraction of sp³-hybridized carbons (Fsp3) is 0.636. The molecule has 1 aromatic heterocycles. The lowest BCUT2D eigenvalue weighted by molar-refractivity contribution is 0.129. The molecule has 0 amide bonds. The molecule has 0 bridgehead atoms. The van der Waals surface area contributed by atoms with E-state index in [1.807, 2.05) is 0 Å². The van der Waals surface area contributed by atoms with Crippen LogP contribution >= 0.6 is 0 Å². The molecule has 2 rings (SSSR count). The lowest BCUT2D eigenvalue weighted by Crippen LogP contribution is -2.23. The van der Waals surface area contributed by atoms with E-state index in [2.05, 4.69) is 16.9 Å². The van der Waals surface area contributed by atoms with Crippen LogP contribution < -0.4 is 4.74 Å². The fourth-order valence-electron chi connectivity index (χ4n) is 1.90. The van der Waals surface area contributed by atoms with Crippen LogP contribution in [0.5, 0.6) is 5.88 Å². The summed E-state index contributed by atoms with van der Waals surface area (Å²) in [6, 6.07) is 1.23. The molecule has 0 unspecified atom stereocenters. The Kier molecular flexibility index (Phi) is 3.14. The maximum Gasteiger partial charge on any atom is 0.219 e. The van der Waals surface area contributed by atoms with Crippen LogP contribution in [0.3, 0.4) is 0 Å². The zero-order valence-corrected chi connectivity index (χ0v) is 8.82. The Morgan fingerprint density at radius 1 is 1.27 bits per heavy atom. The predicted molar refractivity (Wildman–Crippen MR) is 54.0 cm³/mol. The summed E-state index contributed by atoms with van der Waals surface area (Å²) in [5.41, 5.74) is 0. The van der Waals surface area contributed by atoms with Crippen LogP contribution in [-0.4, -0.2) is 16.1 Å². The first-order chi connectivity index (χ1) is 7.24. The van der Waals surface area contributed by atoms with Crippen molar-refractivity contribution in [2.75, 3.05) is 0 Å². The van der Waals surface area contributed by atoms with E-state index in [4.69, 9.17) is 4.74 Å². The molecule has 1 fully saturated rings. The van der Waals surface area contributed by atoms with Crippen molar-refractivity contribution in [3.8, 4) is 5.88 Å². The summed E-state index contributed by atoms with van der Waals surface area (Å²) in [5.74, 6) is 0.596. The molecule has 0 spiro atoms. The third-order valence-electron chi connectivity index (χ3n) is 2.86. The average molecular weight is 210 g/mol. The molecule has 1 aliphatic carbocycles. The van der Waals surface area contributed by atoms with Crippen LogP contribution in [0, 0.1) is 11.9 Å².